The van der Waals surface area contributed by atoms with Crippen LogP contribution in [0.3, 0.4) is 0 Å². The fourth-order valence-electron chi connectivity index (χ4n) is 2.42. The lowest BCUT2D eigenvalue weighted by Crippen LogP contribution is -2.47. The summed E-state index contributed by atoms with van der Waals surface area (Å²) in [5.74, 6) is -0.934. The molecule has 1 atom stereocenters. The first-order valence-corrected chi connectivity index (χ1v) is 6.97. The Balaban J connectivity index is 1.96. The molecule has 0 N–H and O–H groups in total. The molecular formula is C15H17F2NO5. The quantitative estimate of drug-likeness (QED) is 0.775. The number of methoxy groups -OCH3 is 1. The molecule has 23 heavy (non-hydrogen) atoms. The predicted molar refractivity (Wildman–Crippen MR) is 74.7 cm³/mol. The van der Waals surface area contributed by atoms with Crippen LogP contribution in [0.2, 0.25) is 0 Å². The number of esters is 1. The second-order valence-corrected chi connectivity index (χ2v) is 5.08. The van der Waals surface area contributed by atoms with Crippen LogP contribution in [-0.2, 0) is 25.6 Å². The Labute approximate surface area is 131 Å². The number of carbonyl (C=O) groups is 2. The van der Waals surface area contributed by atoms with Crippen molar-refractivity contribution < 1.29 is 32.6 Å². The van der Waals surface area contributed by atoms with E-state index < -0.39 is 24.3 Å². The SMILES string of the molecule is COC(=O)C1(OC(F)F)CCN(C(=O)OCc2ccccc2)C1. The summed E-state index contributed by atoms with van der Waals surface area (Å²) < 4.78 is 39.2. The van der Waals surface area contributed by atoms with Crippen molar-refractivity contribution in [3.63, 3.8) is 0 Å². The number of hydrogen-bond acceptors (Lipinski definition) is 5. The Bertz CT molecular complexity index is 554. The number of benzene rings is 1. The predicted octanol–water partition coefficient (Wildman–Crippen LogP) is 2.18. The van der Waals surface area contributed by atoms with E-state index in [1.54, 1.807) is 24.3 Å². The summed E-state index contributed by atoms with van der Waals surface area (Å²) in [4.78, 5) is 24.9. The van der Waals surface area contributed by atoms with Gasteiger partial charge in [0.15, 0.2) is 5.60 Å². The maximum absolute atomic E-state index is 12.6. The van der Waals surface area contributed by atoms with Crippen LogP contribution in [0.4, 0.5) is 13.6 Å². The molecule has 1 aromatic rings. The van der Waals surface area contributed by atoms with E-state index in [1.165, 1.54) is 0 Å². The summed E-state index contributed by atoms with van der Waals surface area (Å²) in [6.45, 7) is -3.36. The van der Waals surface area contributed by atoms with Crippen LogP contribution in [0.25, 0.3) is 0 Å². The largest absolute Gasteiger partial charge is 0.467 e. The van der Waals surface area contributed by atoms with Gasteiger partial charge in [-0.3, -0.25) is 0 Å². The topological polar surface area (TPSA) is 65.1 Å². The molecule has 1 aromatic carbocycles. The van der Waals surface area contributed by atoms with E-state index in [0.717, 1.165) is 17.6 Å². The molecule has 1 heterocycles. The molecule has 0 saturated carbocycles. The van der Waals surface area contributed by atoms with Crippen molar-refractivity contribution in [3.8, 4) is 0 Å². The summed E-state index contributed by atoms with van der Waals surface area (Å²) in [6.07, 6.45) is -0.776. The molecule has 1 aliphatic heterocycles. The highest BCUT2D eigenvalue weighted by Crippen LogP contribution is 2.29. The van der Waals surface area contributed by atoms with Gasteiger partial charge in [0.2, 0.25) is 0 Å². The highest BCUT2D eigenvalue weighted by Gasteiger charge is 2.50. The number of halogens is 2. The molecule has 1 aliphatic rings. The minimum Gasteiger partial charge on any atom is -0.467 e. The zero-order valence-corrected chi connectivity index (χ0v) is 12.5. The first-order chi connectivity index (χ1) is 11.0. The van der Waals surface area contributed by atoms with Crippen LogP contribution in [-0.4, -0.2) is 49.4 Å². The third kappa shape index (κ3) is 4.16. The van der Waals surface area contributed by atoms with Gasteiger partial charge in [-0.15, -0.1) is 0 Å². The lowest BCUT2D eigenvalue weighted by atomic mass is 10.0. The van der Waals surface area contributed by atoms with Crippen LogP contribution < -0.4 is 0 Å². The number of hydrogen-bond donors (Lipinski definition) is 0. The van der Waals surface area contributed by atoms with Gasteiger partial charge < -0.3 is 19.1 Å². The van der Waals surface area contributed by atoms with Gasteiger partial charge >= 0.3 is 18.7 Å². The van der Waals surface area contributed by atoms with E-state index in [2.05, 4.69) is 9.47 Å². The van der Waals surface area contributed by atoms with E-state index in [-0.39, 0.29) is 26.1 Å². The maximum Gasteiger partial charge on any atom is 0.410 e. The average Bonchev–Trinajstić information content (AvgIpc) is 2.97. The number of nitrogens with zero attached hydrogens (tertiary/aromatic N) is 1. The fraction of sp³-hybridized carbons (Fsp3) is 0.467. The molecule has 0 radical (unpaired) electrons. The molecule has 1 unspecified atom stereocenters. The number of ether oxygens (including phenoxy) is 3. The molecule has 1 amide bonds. The first-order valence-electron chi connectivity index (χ1n) is 6.97. The second-order valence-electron chi connectivity index (χ2n) is 5.08. The Morgan fingerprint density at radius 3 is 2.61 bits per heavy atom. The number of alkyl halides is 2. The summed E-state index contributed by atoms with van der Waals surface area (Å²) in [6, 6.07) is 9.01. The Morgan fingerprint density at radius 1 is 1.30 bits per heavy atom. The van der Waals surface area contributed by atoms with Gasteiger partial charge in [0.05, 0.1) is 13.7 Å². The summed E-state index contributed by atoms with van der Waals surface area (Å²) >= 11 is 0. The van der Waals surface area contributed by atoms with Crippen LogP contribution >= 0.6 is 0 Å². The van der Waals surface area contributed by atoms with Gasteiger partial charge in [-0.05, 0) is 5.56 Å². The second kappa shape index (κ2) is 7.36. The van der Waals surface area contributed by atoms with Crippen molar-refractivity contribution in [3.05, 3.63) is 35.9 Å². The van der Waals surface area contributed by atoms with Gasteiger partial charge in [0.1, 0.15) is 6.61 Å². The van der Waals surface area contributed by atoms with Crippen molar-refractivity contribution in [1.82, 2.24) is 4.90 Å². The summed E-state index contributed by atoms with van der Waals surface area (Å²) in [7, 11) is 1.08. The van der Waals surface area contributed by atoms with E-state index in [1.807, 2.05) is 6.07 Å². The van der Waals surface area contributed by atoms with Crippen molar-refractivity contribution in [2.75, 3.05) is 20.2 Å². The Kier molecular flexibility index (Phi) is 5.49. The molecule has 126 valence electrons. The van der Waals surface area contributed by atoms with Crippen LogP contribution in [0, 0.1) is 0 Å². The molecule has 1 saturated heterocycles. The van der Waals surface area contributed by atoms with E-state index in [9.17, 15) is 18.4 Å². The molecule has 0 spiro atoms. The molecule has 6 nitrogen and oxygen atoms in total. The van der Waals surface area contributed by atoms with Gasteiger partial charge in [-0.1, -0.05) is 30.3 Å². The van der Waals surface area contributed by atoms with Crippen molar-refractivity contribution in [1.29, 1.82) is 0 Å². The van der Waals surface area contributed by atoms with Crippen LogP contribution in [0.5, 0.6) is 0 Å². The smallest absolute Gasteiger partial charge is 0.410 e. The molecular weight excluding hydrogens is 312 g/mol. The standard InChI is InChI=1S/C15H17F2NO5/c1-21-12(19)15(23-13(16)17)7-8-18(10-15)14(20)22-9-11-5-3-2-4-6-11/h2-6,13H,7-10H2,1H3. The number of carbonyl (C=O) groups excluding carboxylic acids is 2. The average molecular weight is 329 g/mol. The number of likely N-dealkylation sites (tertiary alicyclic amines) is 1. The molecule has 8 heteroatoms. The zero-order chi connectivity index (χ0) is 16.9. The maximum atomic E-state index is 12.6. The van der Waals surface area contributed by atoms with Crippen LogP contribution in [0.15, 0.2) is 30.3 Å². The highest BCUT2D eigenvalue weighted by molar-refractivity contribution is 5.82. The zero-order valence-electron chi connectivity index (χ0n) is 12.5. The monoisotopic (exact) mass is 329 g/mol. The van der Waals surface area contributed by atoms with Crippen LogP contribution in [0.1, 0.15) is 12.0 Å². The Morgan fingerprint density at radius 2 is 2.00 bits per heavy atom. The number of amides is 1. The van der Waals surface area contributed by atoms with Gasteiger partial charge in [0.25, 0.3) is 0 Å². The third-order valence-electron chi connectivity index (χ3n) is 3.57. The molecule has 0 aliphatic carbocycles. The van der Waals surface area contributed by atoms with Gasteiger partial charge in [0, 0.05) is 13.0 Å². The highest BCUT2D eigenvalue weighted by atomic mass is 19.3. The van der Waals surface area contributed by atoms with Crippen molar-refractivity contribution in [2.24, 2.45) is 0 Å². The summed E-state index contributed by atoms with van der Waals surface area (Å²) in [5, 5.41) is 0. The van der Waals surface area contributed by atoms with Crippen molar-refractivity contribution in [2.45, 2.75) is 25.2 Å². The molecule has 0 aromatic heterocycles. The normalized spacial score (nSPS) is 20.6. The molecule has 1 fully saturated rings. The lowest BCUT2D eigenvalue weighted by molar-refractivity contribution is -0.219. The fourth-order valence-corrected chi connectivity index (χ4v) is 2.42. The van der Waals surface area contributed by atoms with Gasteiger partial charge in [-0.25, -0.2) is 9.59 Å². The van der Waals surface area contributed by atoms with Gasteiger partial charge in [-0.2, -0.15) is 8.78 Å². The summed E-state index contributed by atoms with van der Waals surface area (Å²) in [5.41, 5.74) is -1.06. The minimum atomic E-state index is -3.14. The minimum absolute atomic E-state index is 0.0527. The third-order valence-corrected chi connectivity index (χ3v) is 3.57. The van der Waals surface area contributed by atoms with E-state index >= 15 is 0 Å². The molecule has 2 rings (SSSR count). The number of rotatable bonds is 5. The Hall–Kier alpha value is -2.22. The first kappa shape index (κ1) is 17.1. The van der Waals surface area contributed by atoms with E-state index in [0.29, 0.717) is 0 Å². The van der Waals surface area contributed by atoms with Crippen molar-refractivity contribution >= 4 is 12.1 Å². The lowest BCUT2D eigenvalue weighted by Gasteiger charge is -2.25. The molecule has 0 bridgehead atoms. The van der Waals surface area contributed by atoms with E-state index in [4.69, 9.17) is 4.74 Å².